The molecule has 0 radical (unpaired) electrons. The number of aromatic nitrogens is 1. The van der Waals surface area contributed by atoms with Gasteiger partial charge >= 0.3 is 0 Å². The summed E-state index contributed by atoms with van der Waals surface area (Å²) in [7, 11) is 0. The van der Waals surface area contributed by atoms with Crippen molar-refractivity contribution in [3.05, 3.63) is 363 Å². The Morgan fingerprint density at radius 1 is 0.302 bits per heavy atom. The van der Waals surface area contributed by atoms with E-state index in [9.17, 15) is 14.9 Å². The summed E-state index contributed by atoms with van der Waals surface area (Å²) in [4.78, 5) is 4.82. The number of hydrogen-bond acceptors (Lipinski definition) is 3. The Hall–Kier alpha value is -12.7. The van der Waals surface area contributed by atoms with Crippen LogP contribution in [-0.4, -0.2) is 11.3 Å². The van der Waals surface area contributed by atoms with E-state index in [1.54, 1.807) is 4.57 Å². The number of rotatable bonds is 11. The first-order valence-corrected chi connectivity index (χ1v) is 32.3. The molecular formula is C91H59BN4. The van der Waals surface area contributed by atoms with Crippen molar-refractivity contribution >= 4 is 79.0 Å². The average molecular weight is 1230 g/mol. The quantitative estimate of drug-likeness (QED) is 0.121. The molecule has 0 atom stereocenters. The fourth-order valence-electron chi connectivity index (χ4n) is 14.7. The molecule has 5 heteroatoms. The zero-order valence-corrected chi connectivity index (χ0v) is 51.9. The minimum absolute atomic E-state index is 0.00367. The maximum atomic E-state index is 10.8. The van der Waals surface area contributed by atoms with Gasteiger partial charge in [0, 0.05) is 55.8 Å². The first kappa shape index (κ1) is 49.0. The Labute approximate surface area is 569 Å². The molecule has 3 heterocycles. The third-order valence-electron chi connectivity index (χ3n) is 19.0. The van der Waals surface area contributed by atoms with Gasteiger partial charge in [0.25, 0.3) is 6.71 Å². The lowest BCUT2D eigenvalue weighted by Crippen LogP contribution is -2.61. The minimum Gasteiger partial charge on any atom is -0.310 e. The molecule has 446 valence electrons. The smallest absolute Gasteiger partial charge is 0.252 e. The van der Waals surface area contributed by atoms with E-state index in [2.05, 4.69) is 277 Å². The number of hydrogen-bond donors (Lipinski definition) is 0. The van der Waals surface area contributed by atoms with Gasteiger partial charge < -0.3 is 14.4 Å². The van der Waals surface area contributed by atoms with Gasteiger partial charge in [0.05, 0.1) is 49.3 Å². The SMILES string of the molecule is [2H]c1c([2H])c([2H])c2c(c1[2H])c1c([2H])c(C#N)c([2H])c([2H])c1n2-c1cc2c3c(c1)N(c1c(-c4ccccc4)cc(-c4ccccc4)cc1-c1ccccc1)c1ccc(-c4ccccc4)cc1B3c1cc(-c3ccccc3)ccc1N2c1c(-c2ccccc2)cc(-c2ccccc2)cc1-c1ccccc1. The molecule has 1 aromatic heterocycles. The first-order valence-electron chi connectivity index (χ1n) is 35.8. The Balaban J connectivity index is 1.09. The Bertz CT molecular complexity index is 5730. The second-order valence-electron chi connectivity index (χ2n) is 24.5. The van der Waals surface area contributed by atoms with Crippen molar-refractivity contribution in [2.75, 3.05) is 9.80 Å². The molecule has 0 saturated heterocycles. The van der Waals surface area contributed by atoms with Crippen LogP contribution in [0, 0.1) is 11.3 Å². The molecule has 0 saturated carbocycles. The molecule has 15 aromatic carbocycles. The lowest BCUT2D eigenvalue weighted by atomic mass is 9.33. The first-order chi connectivity index (χ1) is 50.5. The predicted molar refractivity (Wildman–Crippen MR) is 403 cm³/mol. The van der Waals surface area contributed by atoms with Crippen molar-refractivity contribution in [1.82, 2.24) is 4.57 Å². The number of nitrogens with zero attached hydrogens (tertiary/aromatic N) is 4. The van der Waals surface area contributed by atoms with Gasteiger partial charge in [0.2, 0.25) is 0 Å². The number of fused-ring (bicyclic) bond motifs is 7. The summed E-state index contributed by atoms with van der Waals surface area (Å²) in [6.45, 7) is -0.531. The summed E-state index contributed by atoms with van der Waals surface area (Å²) in [5.74, 6) is 0. The van der Waals surface area contributed by atoms with Crippen molar-refractivity contribution in [3.8, 4) is 101 Å². The Morgan fingerprint density at radius 3 is 1.02 bits per heavy atom. The van der Waals surface area contributed by atoms with E-state index in [-0.39, 0.29) is 27.4 Å². The van der Waals surface area contributed by atoms with Gasteiger partial charge in [0.15, 0.2) is 0 Å². The Morgan fingerprint density at radius 2 is 0.646 bits per heavy atom. The van der Waals surface area contributed by atoms with E-state index in [1.807, 2.05) is 54.6 Å². The molecule has 4 nitrogen and oxygen atoms in total. The summed E-state index contributed by atoms with van der Waals surface area (Å²) in [5, 5.41) is 10.7. The van der Waals surface area contributed by atoms with Crippen LogP contribution in [0.4, 0.5) is 34.1 Å². The normalized spacial score (nSPS) is 13.1. The zero-order valence-electron chi connectivity index (χ0n) is 58.9. The molecule has 2 aliphatic heterocycles. The number of para-hydroxylation sites is 1. The Kier molecular flexibility index (Phi) is 11.9. The summed E-state index contributed by atoms with van der Waals surface area (Å²) in [6, 6.07) is 110. The van der Waals surface area contributed by atoms with E-state index < -0.39 is 49.0 Å². The third-order valence-corrected chi connectivity index (χ3v) is 19.0. The molecule has 96 heavy (non-hydrogen) atoms. The maximum Gasteiger partial charge on any atom is 0.252 e. The van der Waals surface area contributed by atoms with Gasteiger partial charge in [-0.2, -0.15) is 5.26 Å². The number of anilines is 6. The summed E-state index contributed by atoms with van der Waals surface area (Å²) in [5.41, 5.74) is 23.5. The molecule has 18 rings (SSSR count). The van der Waals surface area contributed by atoms with Crippen LogP contribution in [0.1, 0.15) is 15.2 Å². The fourth-order valence-corrected chi connectivity index (χ4v) is 14.7. The van der Waals surface area contributed by atoms with Gasteiger partial charge in [-0.25, -0.2) is 0 Å². The zero-order chi connectivity index (χ0) is 69.7. The van der Waals surface area contributed by atoms with Crippen molar-refractivity contribution in [1.29, 1.82) is 5.26 Å². The van der Waals surface area contributed by atoms with E-state index in [4.69, 9.17) is 0 Å². The minimum atomic E-state index is -0.531. The van der Waals surface area contributed by atoms with Crippen LogP contribution in [-0.2, 0) is 0 Å². The second-order valence-corrected chi connectivity index (χ2v) is 24.5. The second kappa shape index (κ2) is 23.4. The van der Waals surface area contributed by atoms with Crippen LogP contribution in [0.2, 0.25) is 0 Å². The fraction of sp³-hybridized carbons (Fsp3) is 0. The molecule has 0 unspecified atom stereocenters. The molecule has 0 N–H and O–H groups in total. The highest BCUT2D eigenvalue weighted by Gasteiger charge is 2.46. The lowest BCUT2D eigenvalue weighted by molar-refractivity contribution is 1.16. The van der Waals surface area contributed by atoms with Gasteiger partial charge in [-0.15, -0.1) is 0 Å². The van der Waals surface area contributed by atoms with Gasteiger partial charge in [0.1, 0.15) is 0 Å². The molecule has 2 aliphatic rings. The van der Waals surface area contributed by atoms with Crippen molar-refractivity contribution in [3.63, 3.8) is 0 Å². The monoisotopic (exact) mass is 1230 g/mol. The van der Waals surface area contributed by atoms with Crippen molar-refractivity contribution in [2.24, 2.45) is 0 Å². The molecule has 16 aromatic rings. The van der Waals surface area contributed by atoms with E-state index in [0.29, 0.717) is 5.69 Å². The summed E-state index contributed by atoms with van der Waals surface area (Å²) < 4.78 is 69.9. The van der Waals surface area contributed by atoms with Gasteiger partial charge in [-0.05, 0) is 156 Å². The standard InChI is InChI=1S/C91H59BN4/c93-60-61-45-48-84-80(51-61)75-43-25-26-44-83(75)94(84)74-58-87-89-88(59-74)96(91-78(68-39-21-7-22-40-68)54-73(65-33-15-4-16-34-65)55-79(91)69-41-23-8-24-42-69)86-50-47-71(63-29-11-2-12-30-63)57-82(86)92(89)81-56-70(62-27-9-1-10-28-62)46-49-85(81)95(87)90-76(66-35-17-5-18-36-66)52-72(64-31-13-3-14-32-64)53-77(90)67-37-19-6-20-38-67/h1-59H/i25D,26D,43D,44D,45D,48D,51D. The molecule has 0 amide bonds. The summed E-state index contributed by atoms with van der Waals surface area (Å²) >= 11 is 0. The molecule has 0 spiro atoms. The van der Waals surface area contributed by atoms with Crippen LogP contribution >= 0.6 is 0 Å². The van der Waals surface area contributed by atoms with Crippen LogP contribution in [0.3, 0.4) is 0 Å². The predicted octanol–water partition coefficient (Wildman–Crippen LogP) is 22.1. The topological polar surface area (TPSA) is 35.2 Å². The maximum absolute atomic E-state index is 10.8. The third kappa shape index (κ3) is 9.46. The summed E-state index contributed by atoms with van der Waals surface area (Å²) in [6.07, 6.45) is 0. The van der Waals surface area contributed by atoms with Gasteiger partial charge in [-0.3, -0.25) is 0 Å². The van der Waals surface area contributed by atoms with Crippen LogP contribution in [0.5, 0.6) is 0 Å². The molecule has 0 fully saturated rings. The van der Waals surface area contributed by atoms with E-state index in [1.165, 1.54) is 0 Å². The van der Waals surface area contributed by atoms with Crippen molar-refractivity contribution < 1.29 is 9.60 Å². The van der Waals surface area contributed by atoms with E-state index >= 15 is 0 Å². The average Bonchev–Trinajstić information content (AvgIpc) is 1.62. The number of nitriles is 1. The highest BCUT2D eigenvalue weighted by atomic mass is 15.2. The van der Waals surface area contributed by atoms with Crippen LogP contribution in [0.15, 0.2) is 358 Å². The van der Waals surface area contributed by atoms with E-state index in [0.717, 1.165) is 140 Å². The van der Waals surface area contributed by atoms with Crippen LogP contribution < -0.4 is 26.2 Å². The molecule has 0 bridgehead atoms. The number of benzene rings is 15. The van der Waals surface area contributed by atoms with Crippen molar-refractivity contribution in [2.45, 2.75) is 0 Å². The lowest BCUT2D eigenvalue weighted by Gasteiger charge is -2.46. The highest BCUT2D eigenvalue weighted by molar-refractivity contribution is 7.00. The largest absolute Gasteiger partial charge is 0.310 e. The van der Waals surface area contributed by atoms with Gasteiger partial charge in [-0.1, -0.05) is 285 Å². The molecular weight excluding hydrogens is 1160 g/mol. The highest BCUT2D eigenvalue weighted by Crippen LogP contribution is 2.55. The molecule has 0 aliphatic carbocycles. The van der Waals surface area contributed by atoms with Crippen LogP contribution in [0.25, 0.3) is 117 Å².